The fourth-order valence-electron chi connectivity index (χ4n) is 1.62. The molecular formula is C13H15ClN2S. The largest absolute Gasteiger partial charge is 0.330 e. The lowest BCUT2D eigenvalue weighted by molar-refractivity contribution is 0.984. The Hall–Kier alpha value is -0.900. The van der Waals surface area contributed by atoms with E-state index in [0.717, 1.165) is 28.3 Å². The fourth-order valence-corrected chi connectivity index (χ4v) is 2.94. The van der Waals surface area contributed by atoms with Crippen molar-refractivity contribution in [2.24, 2.45) is 5.73 Å². The summed E-state index contributed by atoms with van der Waals surface area (Å²) < 4.78 is 0. The number of thiazole rings is 1. The number of hydrogen-bond acceptors (Lipinski definition) is 3. The highest BCUT2D eigenvalue weighted by atomic mass is 35.5. The third-order valence-corrected chi connectivity index (χ3v) is 4.22. The smallest absolute Gasteiger partial charge is 0.143 e. The first-order valence-electron chi connectivity index (χ1n) is 5.69. The summed E-state index contributed by atoms with van der Waals surface area (Å²) in [6.07, 6.45) is 1.85. The number of hydrogen-bond donors (Lipinski definition) is 1. The predicted octanol–water partition coefficient (Wildman–Crippen LogP) is 3.53. The zero-order valence-electron chi connectivity index (χ0n) is 9.74. The Labute approximate surface area is 110 Å². The van der Waals surface area contributed by atoms with E-state index in [2.05, 4.69) is 36.2 Å². The van der Waals surface area contributed by atoms with E-state index < -0.39 is 0 Å². The number of rotatable bonds is 4. The maximum Gasteiger partial charge on any atom is 0.143 e. The van der Waals surface area contributed by atoms with Crippen molar-refractivity contribution in [3.8, 4) is 10.6 Å². The molecule has 1 heterocycles. The van der Waals surface area contributed by atoms with Crippen LogP contribution >= 0.6 is 22.9 Å². The van der Waals surface area contributed by atoms with Gasteiger partial charge in [-0.15, -0.1) is 11.3 Å². The summed E-state index contributed by atoms with van der Waals surface area (Å²) in [4.78, 5) is 5.46. The van der Waals surface area contributed by atoms with Gasteiger partial charge in [-0.25, -0.2) is 4.98 Å². The lowest BCUT2D eigenvalue weighted by Crippen LogP contribution is -2.01. The summed E-state index contributed by atoms with van der Waals surface area (Å²) >= 11 is 7.70. The lowest BCUT2D eigenvalue weighted by atomic mass is 10.1. The quantitative estimate of drug-likeness (QED) is 0.920. The molecule has 0 unspecified atom stereocenters. The van der Waals surface area contributed by atoms with Crippen molar-refractivity contribution in [3.05, 3.63) is 39.9 Å². The highest BCUT2D eigenvalue weighted by Crippen LogP contribution is 2.31. The van der Waals surface area contributed by atoms with Crippen LogP contribution in [0.5, 0.6) is 0 Å². The van der Waals surface area contributed by atoms with Crippen LogP contribution in [0.4, 0.5) is 0 Å². The molecule has 0 aliphatic carbocycles. The van der Waals surface area contributed by atoms with E-state index in [-0.39, 0.29) is 0 Å². The first-order valence-corrected chi connectivity index (χ1v) is 6.88. The molecule has 1 aromatic carbocycles. The molecule has 0 atom stereocenters. The van der Waals surface area contributed by atoms with Gasteiger partial charge in [-0.05, 0) is 24.9 Å². The molecule has 17 heavy (non-hydrogen) atoms. The van der Waals surface area contributed by atoms with Crippen LogP contribution in [-0.4, -0.2) is 11.5 Å². The molecule has 0 saturated carbocycles. The molecule has 90 valence electrons. The number of aryl methyl sites for hydroxylation is 1. The number of aromatic nitrogens is 1. The molecular weight excluding hydrogens is 252 g/mol. The molecule has 2 aromatic rings. The molecule has 2 rings (SSSR count). The number of nitrogens with zero attached hydrogens (tertiary/aromatic N) is 1. The van der Waals surface area contributed by atoms with E-state index >= 15 is 0 Å². The van der Waals surface area contributed by atoms with Gasteiger partial charge in [0.1, 0.15) is 10.2 Å². The SMILES string of the molecule is CCc1ccc(-c2nc(Cl)c(CCN)s2)cc1. The Morgan fingerprint density at radius 1 is 1.29 bits per heavy atom. The first-order chi connectivity index (χ1) is 8.24. The van der Waals surface area contributed by atoms with Gasteiger partial charge in [0.05, 0.1) is 0 Å². The van der Waals surface area contributed by atoms with Gasteiger partial charge in [-0.2, -0.15) is 0 Å². The van der Waals surface area contributed by atoms with Crippen molar-refractivity contribution in [2.45, 2.75) is 19.8 Å². The highest BCUT2D eigenvalue weighted by Gasteiger charge is 2.09. The average Bonchev–Trinajstić information content (AvgIpc) is 2.72. The molecule has 2 N–H and O–H groups in total. The van der Waals surface area contributed by atoms with Crippen molar-refractivity contribution >= 4 is 22.9 Å². The molecule has 0 bridgehead atoms. The molecule has 0 amide bonds. The molecule has 4 heteroatoms. The summed E-state index contributed by atoms with van der Waals surface area (Å²) in [5.41, 5.74) is 7.99. The van der Waals surface area contributed by atoms with Crippen LogP contribution in [-0.2, 0) is 12.8 Å². The minimum Gasteiger partial charge on any atom is -0.330 e. The zero-order valence-corrected chi connectivity index (χ0v) is 11.3. The maximum atomic E-state index is 6.08. The van der Waals surface area contributed by atoms with Crippen LogP contribution in [0.15, 0.2) is 24.3 Å². The highest BCUT2D eigenvalue weighted by molar-refractivity contribution is 7.15. The molecule has 0 aliphatic heterocycles. The minimum absolute atomic E-state index is 0.593. The summed E-state index contributed by atoms with van der Waals surface area (Å²) in [6.45, 7) is 2.75. The van der Waals surface area contributed by atoms with Gasteiger partial charge in [0.25, 0.3) is 0 Å². The molecule has 1 aromatic heterocycles. The number of nitrogens with two attached hydrogens (primary N) is 1. The number of halogens is 1. The predicted molar refractivity (Wildman–Crippen MR) is 74.7 cm³/mol. The van der Waals surface area contributed by atoms with Crippen molar-refractivity contribution in [2.75, 3.05) is 6.54 Å². The van der Waals surface area contributed by atoms with E-state index in [9.17, 15) is 0 Å². The number of benzene rings is 1. The molecule has 0 fully saturated rings. The second kappa shape index (κ2) is 5.63. The standard InChI is InChI=1S/C13H15ClN2S/c1-2-9-3-5-10(6-4-9)13-16-12(14)11(17-13)7-8-15/h3-6H,2,7-8,15H2,1H3. The van der Waals surface area contributed by atoms with Crippen LogP contribution in [0.25, 0.3) is 10.6 Å². The monoisotopic (exact) mass is 266 g/mol. The minimum atomic E-state index is 0.593. The van der Waals surface area contributed by atoms with Crippen molar-refractivity contribution in [1.82, 2.24) is 4.98 Å². The van der Waals surface area contributed by atoms with Gasteiger partial charge in [-0.1, -0.05) is 42.8 Å². The van der Waals surface area contributed by atoms with Crippen LogP contribution in [0, 0.1) is 0 Å². The summed E-state index contributed by atoms with van der Waals surface area (Å²) in [5, 5.41) is 1.57. The van der Waals surface area contributed by atoms with E-state index in [1.54, 1.807) is 11.3 Å². The normalized spacial score (nSPS) is 10.8. The van der Waals surface area contributed by atoms with E-state index in [4.69, 9.17) is 17.3 Å². The Morgan fingerprint density at radius 3 is 2.59 bits per heavy atom. The molecule has 0 aliphatic rings. The van der Waals surface area contributed by atoms with Gasteiger partial charge < -0.3 is 5.73 Å². The fraction of sp³-hybridized carbons (Fsp3) is 0.308. The summed E-state index contributed by atoms with van der Waals surface area (Å²) in [6, 6.07) is 8.46. The average molecular weight is 267 g/mol. The van der Waals surface area contributed by atoms with Crippen LogP contribution in [0.2, 0.25) is 5.15 Å². The summed E-state index contributed by atoms with van der Waals surface area (Å²) in [5.74, 6) is 0. The Balaban J connectivity index is 2.29. The van der Waals surface area contributed by atoms with Gasteiger partial charge in [0.2, 0.25) is 0 Å². The van der Waals surface area contributed by atoms with Crippen LogP contribution in [0.3, 0.4) is 0 Å². The summed E-state index contributed by atoms with van der Waals surface area (Å²) in [7, 11) is 0. The molecule has 0 radical (unpaired) electrons. The van der Waals surface area contributed by atoms with Gasteiger partial charge >= 0.3 is 0 Å². The first kappa shape index (κ1) is 12.6. The molecule has 0 spiro atoms. The third kappa shape index (κ3) is 2.86. The zero-order chi connectivity index (χ0) is 12.3. The van der Waals surface area contributed by atoms with Crippen molar-refractivity contribution in [1.29, 1.82) is 0 Å². The Kier molecular flexibility index (Phi) is 4.15. The topological polar surface area (TPSA) is 38.9 Å². The van der Waals surface area contributed by atoms with Crippen LogP contribution in [0.1, 0.15) is 17.4 Å². The van der Waals surface area contributed by atoms with Crippen molar-refractivity contribution in [3.63, 3.8) is 0 Å². The van der Waals surface area contributed by atoms with E-state index in [1.165, 1.54) is 5.56 Å². The van der Waals surface area contributed by atoms with Gasteiger partial charge in [0.15, 0.2) is 0 Å². The third-order valence-electron chi connectivity index (χ3n) is 2.63. The molecule has 2 nitrogen and oxygen atoms in total. The van der Waals surface area contributed by atoms with E-state index in [0.29, 0.717) is 11.7 Å². The second-order valence-electron chi connectivity index (χ2n) is 3.82. The van der Waals surface area contributed by atoms with Gasteiger partial charge in [-0.3, -0.25) is 0 Å². The van der Waals surface area contributed by atoms with Gasteiger partial charge in [0, 0.05) is 10.4 Å². The van der Waals surface area contributed by atoms with Crippen LogP contribution < -0.4 is 5.73 Å². The van der Waals surface area contributed by atoms with E-state index in [1.807, 2.05) is 0 Å². The Morgan fingerprint density at radius 2 is 2.00 bits per heavy atom. The maximum absolute atomic E-state index is 6.08. The van der Waals surface area contributed by atoms with Crippen molar-refractivity contribution < 1.29 is 0 Å². The molecule has 0 saturated heterocycles. The lowest BCUT2D eigenvalue weighted by Gasteiger charge is -1.98. The Bertz CT molecular complexity index is 491. The second-order valence-corrected chi connectivity index (χ2v) is 5.26.